The first-order valence-electron chi connectivity index (χ1n) is 6.46. The van der Waals surface area contributed by atoms with Crippen LogP contribution in [0.5, 0.6) is 0 Å². The van der Waals surface area contributed by atoms with Crippen LogP contribution in [0.25, 0.3) is 5.82 Å². The quantitative estimate of drug-likeness (QED) is 0.804. The molecule has 0 aliphatic rings. The molecular weight excluding hydrogens is 322 g/mol. The second-order valence-corrected chi connectivity index (χ2v) is 5.06. The molecule has 5 nitrogen and oxygen atoms in total. The van der Waals surface area contributed by atoms with Gasteiger partial charge in [0, 0.05) is 6.20 Å². The summed E-state index contributed by atoms with van der Waals surface area (Å²) in [5, 5.41) is 4.44. The fraction of sp³-hybridized carbons (Fsp3) is 0.357. The van der Waals surface area contributed by atoms with Crippen LogP contribution in [-0.2, 0) is 11.2 Å². The van der Waals surface area contributed by atoms with Gasteiger partial charge in [-0.2, -0.15) is 5.10 Å². The van der Waals surface area contributed by atoms with Crippen LogP contribution in [0.3, 0.4) is 0 Å². The number of carbonyl (C=O) groups excluding carboxylic acids is 1. The number of pyridine rings is 1. The SMILES string of the molecule is CCOC(=O)c1c(C)nn(-c2ncccc2Br)c1CC. The number of rotatable bonds is 4. The van der Waals surface area contributed by atoms with Crippen molar-refractivity contribution in [2.75, 3.05) is 6.61 Å². The Labute approximate surface area is 126 Å². The zero-order valence-electron chi connectivity index (χ0n) is 11.7. The van der Waals surface area contributed by atoms with Crippen molar-refractivity contribution in [2.45, 2.75) is 27.2 Å². The summed E-state index contributed by atoms with van der Waals surface area (Å²) in [5.74, 6) is 0.336. The molecule has 2 heterocycles. The van der Waals surface area contributed by atoms with Gasteiger partial charge in [-0.05, 0) is 48.3 Å². The highest BCUT2D eigenvalue weighted by atomic mass is 79.9. The Hall–Kier alpha value is -1.69. The van der Waals surface area contributed by atoms with Crippen LogP contribution in [0, 0.1) is 6.92 Å². The van der Waals surface area contributed by atoms with Crippen molar-refractivity contribution in [3.8, 4) is 5.82 Å². The fourth-order valence-corrected chi connectivity index (χ4v) is 2.50. The lowest BCUT2D eigenvalue weighted by molar-refractivity contribution is 0.0524. The molecule has 0 spiro atoms. The van der Waals surface area contributed by atoms with Gasteiger partial charge in [0.15, 0.2) is 5.82 Å². The Morgan fingerprint density at radius 3 is 2.80 bits per heavy atom. The zero-order chi connectivity index (χ0) is 14.7. The predicted molar refractivity (Wildman–Crippen MR) is 79.1 cm³/mol. The van der Waals surface area contributed by atoms with Gasteiger partial charge in [-0.1, -0.05) is 6.92 Å². The summed E-state index contributed by atoms with van der Waals surface area (Å²) in [6.07, 6.45) is 2.36. The molecule has 0 fully saturated rings. The van der Waals surface area contributed by atoms with Gasteiger partial charge in [-0.25, -0.2) is 14.5 Å². The average molecular weight is 338 g/mol. The molecule has 20 heavy (non-hydrogen) atoms. The van der Waals surface area contributed by atoms with E-state index in [1.54, 1.807) is 24.7 Å². The van der Waals surface area contributed by atoms with Crippen molar-refractivity contribution < 1.29 is 9.53 Å². The van der Waals surface area contributed by atoms with Gasteiger partial charge in [-0.15, -0.1) is 0 Å². The van der Waals surface area contributed by atoms with Gasteiger partial charge in [0.25, 0.3) is 0 Å². The Balaban J connectivity index is 2.59. The minimum Gasteiger partial charge on any atom is -0.462 e. The molecule has 6 heteroatoms. The highest BCUT2D eigenvalue weighted by Gasteiger charge is 2.23. The molecule has 2 aromatic heterocycles. The standard InChI is InChI=1S/C14H16BrN3O2/c1-4-11-12(14(19)20-5-2)9(3)17-18(11)13-10(15)7-6-8-16-13/h6-8H,4-5H2,1-3H3. The van der Waals surface area contributed by atoms with E-state index >= 15 is 0 Å². The van der Waals surface area contributed by atoms with E-state index in [0.717, 1.165) is 10.2 Å². The highest BCUT2D eigenvalue weighted by molar-refractivity contribution is 9.10. The number of carbonyl (C=O) groups is 1. The maximum Gasteiger partial charge on any atom is 0.341 e. The van der Waals surface area contributed by atoms with Crippen LogP contribution < -0.4 is 0 Å². The molecule has 0 aliphatic heterocycles. The van der Waals surface area contributed by atoms with E-state index in [2.05, 4.69) is 26.0 Å². The van der Waals surface area contributed by atoms with E-state index in [1.165, 1.54) is 0 Å². The van der Waals surface area contributed by atoms with Crippen molar-refractivity contribution in [2.24, 2.45) is 0 Å². The molecule has 0 N–H and O–H groups in total. The van der Waals surface area contributed by atoms with Gasteiger partial charge in [0.05, 0.1) is 22.5 Å². The molecule has 2 rings (SSSR count). The lowest BCUT2D eigenvalue weighted by Crippen LogP contribution is -2.10. The number of ether oxygens (including phenoxy) is 1. The number of halogens is 1. The number of esters is 1. The van der Waals surface area contributed by atoms with Crippen LogP contribution in [0.15, 0.2) is 22.8 Å². The largest absolute Gasteiger partial charge is 0.462 e. The molecule has 0 aromatic carbocycles. The Kier molecular flexibility index (Phi) is 4.54. The van der Waals surface area contributed by atoms with Crippen molar-refractivity contribution in [3.05, 3.63) is 39.8 Å². The van der Waals surface area contributed by atoms with Gasteiger partial charge < -0.3 is 4.74 Å². The molecule has 2 aromatic rings. The first kappa shape index (κ1) is 14.7. The summed E-state index contributed by atoms with van der Waals surface area (Å²) in [5.41, 5.74) is 1.99. The van der Waals surface area contributed by atoms with Crippen LogP contribution in [-0.4, -0.2) is 27.3 Å². The van der Waals surface area contributed by atoms with E-state index in [1.807, 2.05) is 19.1 Å². The molecular formula is C14H16BrN3O2. The topological polar surface area (TPSA) is 57.0 Å². The maximum absolute atomic E-state index is 12.1. The van der Waals surface area contributed by atoms with Gasteiger partial charge >= 0.3 is 5.97 Å². The van der Waals surface area contributed by atoms with E-state index in [0.29, 0.717) is 30.1 Å². The third-order valence-corrected chi connectivity index (χ3v) is 3.53. The molecule has 0 amide bonds. The maximum atomic E-state index is 12.1. The first-order chi connectivity index (χ1) is 9.60. The van der Waals surface area contributed by atoms with E-state index in [9.17, 15) is 4.79 Å². The van der Waals surface area contributed by atoms with Crippen LogP contribution in [0.4, 0.5) is 0 Å². The van der Waals surface area contributed by atoms with Crippen LogP contribution in [0.1, 0.15) is 35.6 Å². The summed E-state index contributed by atoms with van der Waals surface area (Å²) in [7, 11) is 0. The fourth-order valence-electron chi connectivity index (χ4n) is 2.08. The number of nitrogens with zero attached hydrogens (tertiary/aromatic N) is 3. The summed E-state index contributed by atoms with van der Waals surface area (Å²) in [4.78, 5) is 16.4. The van der Waals surface area contributed by atoms with E-state index < -0.39 is 0 Å². The molecule has 0 saturated heterocycles. The van der Waals surface area contributed by atoms with Crippen molar-refractivity contribution in [1.29, 1.82) is 0 Å². The molecule has 0 aliphatic carbocycles. The number of aromatic nitrogens is 3. The lowest BCUT2D eigenvalue weighted by atomic mass is 10.1. The normalized spacial score (nSPS) is 10.6. The Morgan fingerprint density at radius 1 is 1.45 bits per heavy atom. The molecule has 106 valence electrons. The van der Waals surface area contributed by atoms with Crippen molar-refractivity contribution in [1.82, 2.24) is 14.8 Å². The molecule has 0 bridgehead atoms. The first-order valence-corrected chi connectivity index (χ1v) is 7.25. The molecule has 0 saturated carbocycles. The van der Waals surface area contributed by atoms with Gasteiger partial charge in [-0.3, -0.25) is 0 Å². The smallest absolute Gasteiger partial charge is 0.341 e. The number of hydrogen-bond donors (Lipinski definition) is 0. The number of aryl methyl sites for hydroxylation is 1. The Morgan fingerprint density at radius 2 is 2.20 bits per heavy atom. The van der Waals surface area contributed by atoms with Crippen LogP contribution >= 0.6 is 15.9 Å². The zero-order valence-corrected chi connectivity index (χ0v) is 13.3. The minimum absolute atomic E-state index is 0.333. The van der Waals surface area contributed by atoms with Crippen molar-refractivity contribution in [3.63, 3.8) is 0 Å². The number of hydrogen-bond acceptors (Lipinski definition) is 4. The lowest BCUT2D eigenvalue weighted by Gasteiger charge is -2.08. The van der Waals surface area contributed by atoms with E-state index in [4.69, 9.17) is 4.74 Å². The van der Waals surface area contributed by atoms with Gasteiger partial charge in [0.1, 0.15) is 5.56 Å². The third-order valence-electron chi connectivity index (χ3n) is 2.91. The molecule has 0 unspecified atom stereocenters. The second-order valence-electron chi connectivity index (χ2n) is 4.20. The molecule has 0 atom stereocenters. The summed E-state index contributed by atoms with van der Waals surface area (Å²) < 4.78 is 7.63. The summed E-state index contributed by atoms with van der Waals surface area (Å²) in [6, 6.07) is 3.73. The highest BCUT2D eigenvalue weighted by Crippen LogP contribution is 2.23. The van der Waals surface area contributed by atoms with Crippen LogP contribution in [0.2, 0.25) is 0 Å². The van der Waals surface area contributed by atoms with E-state index in [-0.39, 0.29) is 5.97 Å². The third kappa shape index (κ3) is 2.60. The monoisotopic (exact) mass is 337 g/mol. The summed E-state index contributed by atoms with van der Waals surface area (Å²) >= 11 is 3.46. The predicted octanol–water partition coefficient (Wildman–Crippen LogP) is 3.08. The van der Waals surface area contributed by atoms with Crippen molar-refractivity contribution >= 4 is 21.9 Å². The minimum atomic E-state index is -0.333. The summed E-state index contributed by atoms with van der Waals surface area (Å²) in [6.45, 7) is 5.92. The van der Waals surface area contributed by atoms with Gasteiger partial charge in [0.2, 0.25) is 0 Å². The average Bonchev–Trinajstić information content (AvgIpc) is 2.76. The Bertz CT molecular complexity index is 637. The second kappa shape index (κ2) is 6.17. The molecule has 0 radical (unpaired) electrons.